The van der Waals surface area contributed by atoms with Crippen molar-refractivity contribution in [3.8, 4) is 17.6 Å². The van der Waals surface area contributed by atoms with Gasteiger partial charge in [0.2, 0.25) is 0 Å². The number of benzene rings is 1. The van der Waals surface area contributed by atoms with E-state index in [2.05, 4.69) is 36.1 Å². The number of hydrogen-bond donors (Lipinski definition) is 1. The lowest BCUT2D eigenvalue weighted by molar-refractivity contribution is 0.0871. The minimum atomic E-state index is -0.436. The zero-order chi connectivity index (χ0) is 19.2. The Hall–Kier alpha value is -3.19. The summed E-state index contributed by atoms with van der Waals surface area (Å²) in [6.45, 7) is 3.01. The largest absolute Gasteiger partial charge is 0.493 e. The van der Waals surface area contributed by atoms with Crippen LogP contribution in [0.4, 0.5) is 0 Å². The van der Waals surface area contributed by atoms with Gasteiger partial charge >= 0.3 is 0 Å². The molecule has 2 aliphatic heterocycles. The highest BCUT2D eigenvalue weighted by Crippen LogP contribution is 2.65. The fourth-order valence-corrected chi connectivity index (χ4v) is 4.38. The summed E-state index contributed by atoms with van der Waals surface area (Å²) in [5, 5.41) is 0. The summed E-state index contributed by atoms with van der Waals surface area (Å²) in [5.74, 6) is 7.02. The first-order valence-corrected chi connectivity index (χ1v) is 9.61. The lowest BCUT2D eigenvalue weighted by atomic mass is 9.74. The molecule has 0 aromatic heterocycles. The normalized spacial score (nSPS) is 32.0. The van der Waals surface area contributed by atoms with Gasteiger partial charge in [-0.15, -0.1) is 5.92 Å². The maximum absolute atomic E-state index is 6.12. The van der Waals surface area contributed by atoms with Crippen molar-refractivity contribution in [1.29, 1.82) is 0 Å². The second-order valence-electron chi connectivity index (χ2n) is 7.72. The Morgan fingerprint density at radius 2 is 2.00 bits per heavy atom. The fourth-order valence-electron chi connectivity index (χ4n) is 4.38. The first kappa shape index (κ1) is 16.9. The number of allylic oxidation sites excluding steroid dienone is 8. The van der Waals surface area contributed by atoms with E-state index in [0.717, 1.165) is 40.9 Å². The van der Waals surface area contributed by atoms with Gasteiger partial charge in [-0.2, -0.15) is 0 Å². The molecule has 2 spiro atoms. The molecule has 1 saturated carbocycles. The van der Waals surface area contributed by atoms with Crippen molar-refractivity contribution in [2.75, 3.05) is 13.2 Å². The van der Waals surface area contributed by atoms with E-state index < -0.39 is 5.54 Å². The van der Waals surface area contributed by atoms with E-state index in [1.165, 1.54) is 0 Å². The average molecular weight is 370 g/mol. The number of nitrogens with zero attached hydrogens (tertiary/aromatic N) is 1. The third kappa shape index (κ3) is 2.51. The Labute approximate surface area is 165 Å². The fraction of sp³-hybridized carbons (Fsp3) is 0.292. The summed E-state index contributed by atoms with van der Waals surface area (Å²) in [4.78, 5) is 4.81. The van der Waals surface area contributed by atoms with Gasteiger partial charge in [0, 0.05) is 16.6 Å². The van der Waals surface area contributed by atoms with Crippen LogP contribution in [-0.4, -0.2) is 19.2 Å². The van der Waals surface area contributed by atoms with E-state index in [1.807, 2.05) is 37.3 Å². The molecule has 1 aromatic rings. The second kappa shape index (κ2) is 6.17. The van der Waals surface area contributed by atoms with E-state index >= 15 is 0 Å². The van der Waals surface area contributed by atoms with Crippen LogP contribution < -0.4 is 10.5 Å². The number of hydrogen-bond acceptors (Lipinski definition) is 4. The van der Waals surface area contributed by atoms with Crippen molar-refractivity contribution in [3.05, 3.63) is 71.4 Å². The zero-order valence-electron chi connectivity index (χ0n) is 15.9. The molecule has 0 radical (unpaired) electrons. The zero-order valence-corrected chi connectivity index (χ0v) is 15.9. The van der Waals surface area contributed by atoms with Crippen molar-refractivity contribution in [3.63, 3.8) is 0 Å². The Bertz CT molecular complexity index is 1060. The number of aliphatic imine (C=N–C) groups is 1. The van der Waals surface area contributed by atoms with E-state index in [-0.39, 0.29) is 11.4 Å². The molecule has 2 heterocycles. The molecular formula is C24H22N2O2. The third-order valence-electron chi connectivity index (χ3n) is 6.08. The molecule has 28 heavy (non-hydrogen) atoms. The van der Waals surface area contributed by atoms with Crippen molar-refractivity contribution in [2.45, 2.75) is 25.3 Å². The van der Waals surface area contributed by atoms with Crippen molar-refractivity contribution in [2.24, 2.45) is 16.1 Å². The molecule has 4 heteroatoms. The van der Waals surface area contributed by atoms with E-state index in [4.69, 9.17) is 20.2 Å². The molecule has 0 amide bonds. The van der Waals surface area contributed by atoms with Crippen LogP contribution in [0.15, 0.2) is 65.2 Å². The highest BCUT2D eigenvalue weighted by molar-refractivity contribution is 5.80. The Morgan fingerprint density at radius 1 is 1.11 bits per heavy atom. The summed E-state index contributed by atoms with van der Waals surface area (Å²) in [6.07, 6.45) is 14.5. The summed E-state index contributed by atoms with van der Waals surface area (Å²) < 4.78 is 11.8. The summed E-state index contributed by atoms with van der Waals surface area (Å²) in [6, 6.07) is 6.62. The van der Waals surface area contributed by atoms with Gasteiger partial charge in [-0.1, -0.05) is 36.3 Å². The SMILES string of the molecule is CC#CC1=C/C(c2ccc3c(c2)C2(COC(N)=N2)C2(CC2)CO3)=C\C=C\C=C\1. The Balaban J connectivity index is 1.64. The van der Waals surface area contributed by atoms with E-state index in [9.17, 15) is 0 Å². The molecule has 0 saturated heterocycles. The molecule has 0 bridgehead atoms. The van der Waals surface area contributed by atoms with Crippen molar-refractivity contribution in [1.82, 2.24) is 0 Å². The minimum absolute atomic E-state index is 0.00633. The molecule has 2 aliphatic carbocycles. The second-order valence-corrected chi connectivity index (χ2v) is 7.72. The van der Waals surface area contributed by atoms with Gasteiger partial charge in [0.1, 0.15) is 17.9 Å². The van der Waals surface area contributed by atoms with Gasteiger partial charge in [-0.05, 0) is 55.2 Å². The maximum atomic E-state index is 6.12. The Kier molecular flexibility index (Phi) is 3.73. The Morgan fingerprint density at radius 3 is 2.75 bits per heavy atom. The molecule has 1 aromatic carbocycles. The average Bonchev–Trinajstić information content (AvgIpc) is 3.36. The highest BCUT2D eigenvalue weighted by atomic mass is 16.5. The lowest BCUT2D eigenvalue weighted by Crippen LogP contribution is -2.44. The first-order chi connectivity index (χ1) is 13.7. The molecule has 2 N–H and O–H groups in total. The summed E-state index contributed by atoms with van der Waals surface area (Å²) in [7, 11) is 0. The van der Waals surface area contributed by atoms with Crippen LogP contribution in [0.1, 0.15) is 30.9 Å². The van der Waals surface area contributed by atoms with Crippen LogP contribution >= 0.6 is 0 Å². The van der Waals surface area contributed by atoms with Gasteiger partial charge in [-0.3, -0.25) is 0 Å². The molecule has 5 rings (SSSR count). The summed E-state index contributed by atoms with van der Waals surface area (Å²) >= 11 is 0. The predicted molar refractivity (Wildman–Crippen MR) is 111 cm³/mol. The number of nitrogens with two attached hydrogens (primary N) is 1. The monoisotopic (exact) mass is 370 g/mol. The number of amidine groups is 1. The topological polar surface area (TPSA) is 56.8 Å². The molecule has 4 aliphatic rings. The van der Waals surface area contributed by atoms with Gasteiger partial charge in [-0.25, -0.2) is 4.99 Å². The van der Waals surface area contributed by atoms with Gasteiger partial charge in [0.15, 0.2) is 0 Å². The maximum Gasteiger partial charge on any atom is 0.283 e. The van der Waals surface area contributed by atoms with E-state index in [0.29, 0.717) is 13.2 Å². The van der Waals surface area contributed by atoms with Gasteiger partial charge in [0.05, 0.1) is 6.61 Å². The van der Waals surface area contributed by atoms with Crippen LogP contribution in [-0.2, 0) is 10.3 Å². The lowest BCUT2D eigenvalue weighted by Gasteiger charge is -2.39. The quantitative estimate of drug-likeness (QED) is 0.764. The molecular weight excluding hydrogens is 348 g/mol. The molecule has 1 unspecified atom stereocenters. The molecule has 1 atom stereocenters. The van der Waals surface area contributed by atoms with E-state index in [1.54, 1.807) is 0 Å². The minimum Gasteiger partial charge on any atom is -0.493 e. The van der Waals surface area contributed by atoms with Crippen LogP contribution in [0.2, 0.25) is 0 Å². The standard InChI is InChI=1S/C24H22N2O2/c1-2-6-17-7-4-3-5-8-18(13-17)19-9-10-21-20(14-19)24(16-28-22(25)26-24)23(11-12-23)15-27-21/h3-5,7-10,13-14H,11-12,15-16H2,1H3,(H2,25,26)/b4-3?,5-3+,7-4+,8-5?,17-7?,17-13-,18-8+,18-13?. The summed E-state index contributed by atoms with van der Waals surface area (Å²) in [5.41, 5.74) is 9.78. The van der Waals surface area contributed by atoms with Crippen molar-refractivity contribution < 1.29 is 9.47 Å². The molecule has 1 fully saturated rings. The predicted octanol–water partition coefficient (Wildman–Crippen LogP) is 3.86. The molecule has 140 valence electrons. The highest BCUT2D eigenvalue weighted by Gasteiger charge is 2.66. The number of fused-ring (bicyclic) bond motifs is 3. The van der Waals surface area contributed by atoms with Crippen LogP contribution in [0.5, 0.6) is 5.75 Å². The first-order valence-electron chi connectivity index (χ1n) is 9.61. The van der Waals surface area contributed by atoms with Gasteiger partial charge in [0.25, 0.3) is 6.02 Å². The van der Waals surface area contributed by atoms with Crippen LogP contribution in [0.25, 0.3) is 5.57 Å². The molecule has 4 nitrogen and oxygen atoms in total. The van der Waals surface area contributed by atoms with Crippen molar-refractivity contribution >= 4 is 11.6 Å². The van der Waals surface area contributed by atoms with Crippen LogP contribution in [0, 0.1) is 17.3 Å². The number of ether oxygens (including phenoxy) is 2. The number of rotatable bonds is 1. The van der Waals surface area contributed by atoms with Gasteiger partial charge < -0.3 is 15.2 Å². The third-order valence-corrected chi connectivity index (χ3v) is 6.08. The smallest absolute Gasteiger partial charge is 0.283 e. The van der Waals surface area contributed by atoms with Crippen LogP contribution in [0.3, 0.4) is 0 Å².